The summed E-state index contributed by atoms with van der Waals surface area (Å²) in [6.07, 6.45) is 2.42. The Bertz CT molecular complexity index is 1360. The van der Waals surface area contributed by atoms with Gasteiger partial charge in [-0.1, -0.05) is 75.4 Å². The van der Waals surface area contributed by atoms with Gasteiger partial charge < -0.3 is 26.0 Å². The lowest BCUT2D eigenvalue weighted by Gasteiger charge is -2.31. The molecular weight excluding hydrogens is 552 g/mol. The Morgan fingerprint density at radius 1 is 0.952 bits per heavy atom. The molecule has 1 unspecified atom stereocenters. The van der Waals surface area contributed by atoms with Crippen molar-refractivity contribution in [3.05, 3.63) is 77.9 Å². The maximum atomic E-state index is 13.5. The topological polar surface area (TPSA) is 111 Å². The molecule has 1 saturated heterocycles. The Kier molecular flexibility index (Phi) is 11.8. The molecule has 0 aromatic heterocycles. The fourth-order valence-electron chi connectivity index (χ4n) is 5.19. The zero-order valence-corrected chi connectivity index (χ0v) is 25.5. The van der Waals surface area contributed by atoms with E-state index in [0.717, 1.165) is 34.7 Å². The van der Waals surface area contributed by atoms with E-state index in [2.05, 4.69) is 22.0 Å². The van der Waals surface area contributed by atoms with Crippen LogP contribution in [-0.2, 0) is 27.3 Å². The number of likely N-dealkylation sites (tertiary alicyclic amines) is 1. The standard InChI is InChI=1S/C33H42N4O4.ClH/c1-33(2,3)32(41)37-19-6-10-29(37)31(40)36-28(21-24-11-14-25-8-4-5-9-26(25)20-24)30(39)35-18-7-17-34-22-23-12-15-27(38)16-13-23;/h4-5,8-9,11-16,20,28-29,34,38H,6-7,10,17-19,21-22H2,1-3H3,(H,35,39)(H,36,40);1H/t28-,29?;/m1./s1. The van der Waals surface area contributed by atoms with E-state index in [-0.39, 0.29) is 35.9 Å². The first-order valence-electron chi connectivity index (χ1n) is 14.5. The van der Waals surface area contributed by atoms with Gasteiger partial charge in [-0.15, -0.1) is 12.4 Å². The van der Waals surface area contributed by atoms with E-state index in [4.69, 9.17) is 0 Å². The first-order chi connectivity index (χ1) is 19.6. The first-order valence-corrected chi connectivity index (χ1v) is 14.5. The third kappa shape index (κ3) is 8.94. The predicted octanol–water partition coefficient (Wildman–Crippen LogP) is 4.33. The highest BCUT2D eigenvalue weighted by molar-refractivity contribution is 5.93. The Morgan fingerprint density at radius 2 is 1.64 bits per heavy atom. The van der Waals surface area contributed by atoms with Gasteiger partial charge in [-0.05, 0) is 59.8 Å². The van der Waals surface area contributed by atoms with Crippen molar-refractivity contribution in [2.24, 2.45) is 5.41 Å². The highest BCUT2D eigenvalue weighted by Crippen LogP contribution is 2.26. The molecule has 3 aromatic rings. The molecule has 2 atom stereocenters. The molecule has 0 saturated carbocycles. The zero-order chi connectivity index (χ0) is 29.4. The number of hydrogen-bond donors (Lipinski definition) is 4. The minimum atomic E-state index is -0.763. The zero-order valence-electron chi connectivity index (χ0n) is 24.7. The number of nitrogens with one attached hydrogen (secondary N) is 3. The first kappa shape index (κ1) is 32.9. The van der Waals surface area contributed by atoms with E-state index in [0.29, 0.717) is 39.0 Å². The van der Waals surface area contributed by atoms with E-state index in [9.17, 15) is 19.5 Å². The monoisotopic (exact) mass is 594 g/mol. The largest absolute Gasteiger partial charge is 0.508 e. The molecule has 4 rings (SSSR count). The van der Waals surface area contributed by atoms with Crippen LogP contribution in [-0.4, -0.2) is 59.4 Å². The number of phenols is 1. The number of benzene rings is 3. The molecule has 1 aliphatic heterocycles. The number of carbonyl (C=O) groups excluding carboxylic acids is 3. The number of halogens is 1. The molecule has 226 valence electrons. The molecule has 1 heterocycles. The molecule has 8 nitrogen and oxygen atoms in total. The Balaban J connectivity index is 0.00000484. The van der Waals surface area contributed by atoms with Gasteiger partial charge in [-0.3, -0.25) is 14.4 Å². The van der Waals surface area contributed by atoms with Crippen molar-refractivity contribution in [3.8, 4) is 5.75 Å². The van der Waals surface area contributed by atoms with Gasteiger partial charge in [-0.25, -0.2) is 0 Å². The number of phenolic OH excluding ortho intramolecular Hbond substituents is 1. The van der Waals surface area contributed by atoms with Gasteiger partial charge in [0.25, 0.3) is 0 Å². The predicted molar refractivity (Wildman–Crippen MR) is 168 cm³/mol. The van der Waals surface area contributed by atoms with E-state index in [1.807, 2.05) is 69.3 Å². The smallest absolute Gasteiger partial charge is 0.243 e. The number of carbonyl (C=O) groups is 3. The fourth-order valence-corrected chi connectivity index (χ4v) is 5.19. The summed E-state index contributed by atoms with van der Waals surface area (Å²) in [4.78, 5) is 41.5. The van der Waals surface area contributed by atoms with E-state index in [1.54, 1.807) is 17.0 Å². The van der Waals surface area contributed by atoms with Crippen molar-refractivity contribution in [1.82, 2.24) is 20.9 Å². The van der Waals surface area contributed by atoms with Crippen LogP contribution in [0.5, 0.6) is 5.75 Å². The minimum Gasteiger partial charge on any atom is -0.508 e. The Hall–Kier alpha value is -3.62. The average molecular weight is 595 g/mol. The SMILES string of the molecule is CC(C)(C)C(=O)N1CCCC1C(=O)N[C@H](Cc1ccc2ccccc2c1)C(=O)NCCCNCc1ccc(O)cc1.Cl. The summed E-state index contributed by atoms with van der Waals surface area (Å²) in [6, 6.07) is 19.8. The number of aromatic hydroxyl groups is 1. The molecule has 9 heteroatoms. The quantitative estimate of drug-likeness (QED) is 0.247. The van der Waals surface area contributed by atoms with Crippen LogP contribution in [0.2, 0.25) is 0 Å². The summed E-state index contributed by atoms with van der Waals surface area (Å²) in [5.74, 6) is -0.331. The van der Waals surface area contributed by atoms with Crippen molar-refractivity contribution in [1.29, 1.82) is 0 Å². The Labute approximate surface area is 254 Å². The lowest BCUT2D eigenvalue weighted by Crippen LogP contribution is -2.55. The molecular formula is C33H43ClN4O4. The normalized spacial score (nSPS) is 15.6. The van der Waals surface area contributed by atoms with E-state index >= 15 is 0 Å². The second-order valence-corrected chi connectivity index (χ2v) is 11.8. The number of fused-ring (bicyclic) bond motifs is 1. The van der Waals surface area contributed by atoms with Crippen LogP contribution in [0.25, 0.3) is 10.8 Å². The number of hydrogen-bond acceptors (Lipinski definition) is 5. The van der Waals surface area contributed by atoms with Gasteiger partial charge in [-0.2, -0.15) is 0 Å². The van der Waals surface area contributed by atoms with Crippen molar-refractivity contribution >= 4 is 40.9 Å². The van der Waals surface area contributed by atoms with Gasteiger partial charge >= 0.3 is 0 Å². The molecule has 42 heavy (non-hydrogen) atoms. The summed E-state index contributed by atoms with van der Waals surface area (Å²) in [5.41, 5.74) is 1.44. The van der Waals surface area contributed by atoms with Crippen LogP contribution < -0.4 is 16.0 Å². The number of amides is 3. The summed E-state index contributed by atoms with van der Waals surface area (Å²) < 4.78 is 0. The summed E-state index contributed by atoms with van der Waals surface area (Å²) in [7, 11) is 0. The summed E-state index contributed by atoms with van der Waals surface area (Å²) in [6.45, 7) is 7.96. The third-order valence-electron chi connectivity index (χ3n) is 7.44. The highest BCUT2D eigenvalue weighted by atomic mass is 35.5. The van der Waals surface area contributed by atoms with Gasteiger partial charge in [0, 0.05) is 31.5 Å². The van der Waals surface area contributed by atoms with Crippen molar-refractivity contribution in [2.75, 3.05) is 19.6 Å². The lowest BCUT2D eigenvalue weighted by molar-refractivity contribution is -0.145. The van der Waals surface area contributed by atoms with Gasteiger partial charge in [0.2, 0.25) is 17.7 Å². The van der Waals surface area contributed by atoms with Crippen LogP contribution in [0.4, 0.5) is 0 Å². The fraction of sp³-hybridized carbons (Fsp3) is 0.424. The van der Waals surface area contributed by atoms with Crippen LogP contribution in [0.3, 0.4) is 0 Å². The summed E-state index contributed by atoms with van der Waals surface area (Å²) >= 11 is 0. The van der Waals surface area contributed by atoms with Crippen molar-refractivity contribution < 1.29 is 19.5 Å². The van der Waals surface area contributed by atoms with Crippen LogP contribution >= 0.6 is 12.4 Å². The minimum absolute atomic E-state index is 0. The molecule has 1 fully saturated rings. The van der Waals surface area contributed by atoms with Crippen molar-refractivity contribution in [3.63, 3.8) is 0 Å². The molecule has 0 aliphatic carbocycles. The number of rotatable bonds is 11. The van der Waals surface area contributed by atoms with Gasteiger partial charge in [0.15, 0.2) is 0 Å². The Morgan fingerprint density at radius 3 is 2.36 bits per heavy atom. The van der Waals surface area contributed by atoms with Gasteiger partial charge in [0.05, 0.1) is 0 Å². The summed E-state index contributed by atoms with van der Waals surface area (Å²) in [5, 5.41) is 20.9. The second kappa shape index (κ2) is 15.0. The third-order valence-corrected chi connectivity index (χ3v) is 7.44. The number of nitrogens with zero attached hydrogens (tertiary/aromatic N) is 1. The lowest BCUT2D eigenvalue weighted by atomic mass is 9.94. The van der Waals surface area contributed by atoms with Crippen molar-refractivity contribution in [2.45, 2.75) is 65.1 Å². The molecule has 1 aliphatic rings. The van der Waals surface area contributed by atoms with Crippen LogP contribution in [0.15, 0.2) is 66.7 Å². The molecule has 0 radical (unpaired) electrons. The van der Waals surface area contributed by atoms with E-state index in [1.165, 1.54) is 0 Å². The van der Waals surface area contributed by atoms with E-state index < -0.39 is 17.5 Å². The molecule has 0 bridgehead atoms. The maximum Gasteiger partial charge on any atom is 0.243 e. The molecule has 3 amide bonds. The van der Waals surface area contributed by atoms with Crippen LogP contribution in [0, 0.1) is 5.41 Å². The average Bonchev–Trinajstić information content (AvgIpc) is 3.44. The molecule has 0 spiro atoms. The van der Waals surface area contributed by atoms with Crippen LogP contribution in [0.1, 0.15) is 51.2 Å². The molecule has 3 aromatic carbocycles. The second-order valence-electron chi connectivity index (χ2n) is 11.8. The van der Waals surface area contributed by atoms with Gasteiger partial charge in [0.1, 0.15) is 17.8 Å². The molecule has 4 N–H and O–H groups in total. The maximum absolute atomic E-state index is 13.5. The highest BCUT2D eigenvalue weighted by Gasteiger charge is 2.39.